The molecule has 2 N–H and O–H groups in total. The van der Waals surface area contributed by atoms with Crippen molar-refractivity contribution in [1.29, 1.82) is 0 Å². The fourth-order valence-corrected chi connectivity index (χ4v) is 3.31. The van der Waals surface area contributed by atoms with E-state index in [4.69, 9.17) is 17.3 Å². The molecule has 1 aromatic carbocycles. The first-order chi connectivity index (χ1) is 11.8. The molecule has 8 nitrogen and oxygen atoms in total. The predicted octanol–water partition coefficient (Wildman–Crippen LogP) is 0.416. The minimum absolute atomic E-state index is 0.0654. The first kappa shape index (κ1) is 20.1. The average Bonchev–Trinajstić information content (AvgIpc) is 2.57. The van der Waals surface area contributed by atoms with Crippen molar-refractivity contribution in [2.75, 3.05) is 18.1 Å². The van der Waals surface area contributed by atoms with Crippen LogP contribution in [0.1, 0.15) is 10.4 Å². The van der Waals surface area contributed by atoms with E-state index in [9.17, 15) is 9.90 Å². The molecule has 0 saturated heterocycles. The molecule has 0 atom stereocenters. The molecular weight excluding hydrogens is 532 g/mol. The molecular formula is C14H11Br3N2O6. The zero-order valence-electron chi connectivity index (χ0n) is 12.4. The summed E-state index contributed by atoms with van der Waals surface area (Å²) in [5.41, 5.74) is 1.11. The number of carbonyl (C=O) groups excluding carboxylic acids is 1. The van der Waals surface area contributed by atoms with E-state index in [-0.39, 0.29) is 11.7 Å². The number of halogens is 3. The van der Waals surface area contributed by atoms with E-state index in [1.807, 2.05) is 0 Å². The van der Waals surface area contributed by atoms with Gasteiger partial charge in [0.1, 0.15) is 23.8 Å². The van der Waals surface area contributed by atoms with Crippen LogP contribution in [0.15, 0.2) is 39.5 Å². The third-order valence-electron chi connectivity index (χ3n) is 3.13. The lowest BCUT2D eigenvalue weighted by atomic mass is 10.1. The Hall–Kier alpha value is -1.24. The highest BCUT2D eigenvalue weighted by molar-refractivity contribution is 9.11. The lowest BCUT2D eigenvalue weighted by Crippen LogP contribution is -2.38. The maximum atomic E-state index is 12.7. The van der Waals surface area contributed by atoms with Gasteiger partial charge in [-0.15, -0.1) is 0 Å². The summed E-state index contributed by atoms with van der Waals surface area (Å²) >= 11 is 3.07. The van der Waals surface area contributed by atoms with Gasteiger partial charge in [-0.1, -0.05) is 0 Å². The number of hydrogen-bond donors (Lipinski definition) is 2. The van der Waals surface area contributed by atoms with Crippen LogP contribution < -0.4 is 18.0 Å². The second-order valence-corrected chi connectivity index (χ2v) is 7.19. The van der Waals surface area contributed by atoms with Crippen molar-refractivity contribution >= 4 is 43.5 Å². The van der Waals surface area contributed by atoms with E-state index < -0.39 is 14.8 Å². The van der Waals surface area contributed by atoms with Crippen molar-refractivity contribution in [2.45, 2.75) is 0 Å². The minimum atomic E-state index is -3.40. The van der Waals surface area contributed by atoms with Crippen LogP contribution in [0.4, 0.5) is 5.69 Å². The lowest BCUT2D eigenvalue weighted by molar-refractivity contribution is -1.63. The highest BCUT2D eigenvalue weighted by Crippen LogP contribution is 2.35. The number of phenols is 1. The average molecular weight is 543 g/mol. The fraction of sp³-hybridized carbons (Fsp3) is 0.143. The molecule has 0 spiro atoms. The summed E-state index contributed by atoms with van der Waals surface area (Å²) in [6.45, 7) is 0.886. The Bertz CT molecular complexity index is 748. The minimum Gasteiger partial charge on any atom is -0.506 e. The van der Waals surface area contributed by atoms with Crippen LogP contribution in [0, 0.1) is 14.8 Å². The summed E-state index contributed by atoms with van der Waals surface area (Å²) in [6, 6.07) is 4.92. The number of benzene rings is 1. The maximum Gasteiger partial charge on any atom is 0.433 e. The quantitative estimate of drug-likeness (QED) is 0.534. The van der Waals surface area contributed by atoms with Gasteiger partial charge in [-0.3, -0.25) is 9.78 Å². The highest BCUT2D eigenvalue weighted by Gasteiger charge is 2.25. The van der Waals surface area contributed by atoms with Crippen LogP contribution in [-0.4, -0.2) is 33.3 Å². The number of carbonyl (C=O) groups is 1. The smallest absolute Gasteiger partial charge is 0.433 e. The van der Waals surface area contributed by atoms with Crippen LogP contribution >= 0.6 is 31.9 Å². The van der Waals surface area contributed by atoms with Crippen molar-refractivity contribution < 1.29 is 42.0 Å². The van der Waals surface area contributed by atoms with Crippen LogP contribution in [0.2, 0.25) is 0 Å². The second kappa shape index (κ2) is 8.92. The van der Waals surface area contributed by atoms with Gasteiger partial charge in [0, 0.05) is 17.8 Å². The van der Waals surface area contributed by atoms with Gasteiger partial charge in [0.15, 0.2) is 0 Å². The Balaban J connectivity index is 0.000000511. The van der Waals surface area contributed by atoms with E-state index >= 15 is 0 Å². The third-order valence-corrected chi connectivity index (χ3v) is 4.34. The van der Waals surface area contributed by atoms with Gasteiger partial charge in [-0.05, 0) is 48.2 Å². The number of rotatable bonds is 1. The molecule has 0 fully saturated rings. The number of ether oxygens (including phenoxy) is 1. The zero-order chi connectivity index (χ0) is 18.6. The summed E-state index contributed by atoms with van der Waals surface area (Å²) < 4.78 is 30.7. The summed E-state index contributed by atoms with van der Waals surface area (Å²) in [7, 11) is 0. The number of amides is 1. The highest BCUT2D eigenvalue weighted by atomic mass is 80.0. The van der Waals surface area contributed by atoms with Gasteiger partial charge in [-0.25, -0.2) is 0 Å². The Kier molecular flexibility index (Phi) is 7.16. The van der Waals surface area contributed by atoms with Gasteiger partial charge in [0.2, 0.25) is 0 Å². The molecule has 1 aliphatic rings. The number of hydrogen-bond acceptors (Lipinski definition) is 7. The monoisotopic (exact) mass is 540 g/mol. The van der Waals surface area contributed by atoms with Crippen LogP contribution in [0.3, 0.4) is 0 Å². The van der Waals surface area contributed by atoms with E-state index in [1.165, 1.54) is 0 Å². The Morgan fingerprint density at radius 2 is 1.92 bits per heavy atom. The van der Waals surface area contributed by atoms with E-state index in [0.717, 1.165) is 0 Å². The van der Waals surface area contributed by atoms with Crippen LogP contribution in [0.25, 0.3) is 0 Å². The van der Waals surface area contributed by atoms with Gasteiger partial charge in [0.05, 0.1) is 21.7 Å². The van der Waals surface area contributed by atoms with E-state index in [1.54, 1.807) is 35.5 Å². The lowest BCUT2D eigenvalue weighted by Gasteiger charge is -2.29. The molecule has 1 aliphatic heterocycles. The van der Waals surface area contributed by atoms with E-state index in [0.29, 0.717) is 39.1 Å². The summed E-state index contributed by atoms with van der Waals surface area (Å²) in [4.78, 5) is 18.4. The molecule has 3 rings (SSSR count). The molecule has 2 aromatic rings. The molecule has 0 aliphatic carbocycles. The van der Waals surface area contributed by atoms with Gasteiger partial charge < -0.3 is 23.1 Å². The first-order valence-electron chi connectivity index (χ1n) is 6.62. The fourth-order valence-electron chi connectivity index (χ4n) is 2.12. The second-order valence-electron chi connectivity index (χ2n) is 4.64. The topological polar surface area (TPSA) is 129 Å². The third kappa shape index (κ3) is 5.12. The van der Waals surface area contributed by atoms with Gasteiger partial charge in [-0.2, -0.15) is 0 Å². The predicted molar refractivity (Wildman–Crippen MR) is 87.1 cm³/mol. The largest absolute Gasteiger partial charge is 0.506 e. The van der Waals surface area contributed by atoms with Crippen LogP contribution in [-0.2, 0) is 0 Å². The molecule has 25 heavy (non-hydrogen) atoms. The molecule has 1 aromatic heterocycles. The van der Waals surface area contributed by atoms with Crippen LogP contribution in [0.5, 0.6) is 11.5 Å². The summed E-state index contributed by atoms with van der Waals surface area (Å²) in [5.74, 6) is 0.533. The summed E-state index contributed by atoms with van der Waals surface area (Å²) in [6.07, 6.45) is 3.23. The Labute approximate surface area is 164 Å². The number of pyridine rings is 1. The van der Waals surface area contributed by atoms with Crippen molar-refractivity contribution in [3.8, 4) is 11.5 Å². The number of anilines is 1. The van der Waals surface area contributed by atoms with Crippen molar-refractivity contribution in [2.24, 2.45) is 0 Å². The summed E-state index contributed by atoms with van der Waals surface area (Å²) in [5, 5.41) is 9.73. The zero-order valence-corrected chi connectivity index (χ0v) is 17.1. The van der Waals surface area contributed by atoms with Crippen molar-refractivity contribution in [3.05, 3.63) is 45.1 Å². The van der Waals surface area contributed by atoms with Gasteiger partial charge >= 0.3 is 14.8 Å². The first-order valence-corrected chi connectivity index (χ1v) is 10.2. The van der Waals surface area contributed by atoms with Crippen molar-refractivity contribution in [3.63, 3.8) is 0 Å². The molecule has 0 radical (unpaired) electrons. The Morgan fingerprint density at radius 3 is 2.52 bits per heavy atom. The van der Waals surface area contributed by atoms with Gasteiger partial charge in [0.25, 0.3) is 5.91 Å². The molecule has 0 bridgehead atoms. The van der Waals surface area contributed by atoms with Crippen molar-refractivity contribution in [1.82, 2.24) is 4.98 Å². The molecule has 134 valence electrons. The number of nitrogens with zero attached hydrogens (tertiary/aromatic N) is 2. The molecule has 2 heterocycles. The molecule has 0 unspecified atom stereocenters. The number of aromatic nitrogens is 1. The Morgan fingerprint density at radius 1 is 1.32 bits per heavy atom. The normalized spacial score (nSPS) is 12.8. The SMILES string of the molecule is O=C(c1cc(Br)c(O)c(Br)c1)N1CCOc2ccncc21.[O-][Br+2]([O-])O. The van der Waals surface area contributed by atoms with E-state index in [2.05, 4.69) is 36.8 Å². The molecule has 0 saturated carbocycles. The number of fused-ring (bicyclic) bond motifs is 1. The standard InChI is InChI=1S/C14H10Br2N2O3.BrHO3/c15-9-5-8(6-10(16)13(9)19)14(20)18-3-4-21-12-1-2-17-7-11(12)18;2-1(3)4/h1-2,5-7,19H,3-4H2;2H. The molecule has 1 amide bonds. The number of phenolic OH excluding ortho intramolecular Hbond substituents is 1. The maximum absolute atomic E-state index is 12.7. The molecule has 11 heteroatoms. The number of aromatic hydroxyl groups is 1.